The summed E-state index contributed by atoms with van der Waals surface area (Å²) in [6.07, 6.45) is 2.09. The van der Waals surface area contributed by atoms with Crippen LogP contribution in [0.2, 0.25) is 0 Å². The molecule has 1 aromatic carbocycles. The number of rotatable bonds is 6. The second kappa shape index (κ2) is 7.12. The quantitative estimate of drug-likeness (QED) is 0.811. The summed E-state index contributed by atoms with van der Waals surface area (Å²) < 4.78 is 1.07. The topological polar surface area (TPSA) is 37.8 Å². The van der Waals surface area contributed by atoms with E-state index in [0.717, 1.165) is 39.4 Å². The van der Waals surface area contributed by atoms with Gasteiger partial charge >= 0.3 is 0 Å². The Labute approximate surface area is 126 Å². The lowest BCUT2D eigenvalue weighted by Crippen LogP contribution is -2.23. The van der Waals surface area contributed by atoms with Crippen LogP contribution < -0.4 is 5.32 Å². The fraction of sp³-hybridized carbons (Fsp3) is 0.429. The molecule has 0 saturated heterocycles. The molecule has 5 heteroatoms. The summed E-state index contributed by atoms with van der Waals surface area (Å²) in [6.45, 7) is 5.36. The van der Waals surface area contributed by atoms with Gasteiger partial charge in [0, 0.05) is 22.5 Å². The van der Waals surface area contributed by atoms with E-state index < -0.39 is 0 Å². The molecule has 2 rings (SSSR count). The third-order valence-electron chi connectivity index (χ3n) is 2.66. The maximum absolute atomic E-state index is 4.27. The average Bonchev–Trinajstić information content (AvgIpc) is 2.83. The number of aromatic nitrogens is 2. The molecule has 0 unspecified atom stereocenters. The molecule has 102 valence electrons. The zero-order chi connectivity index (χ0) is 13.7. The maximum atomic E-state index is 4.27. The van der Waals surface area contributed by atoms with Gasteiger partial charge in [0.1, 0.15) is 10.0 Å². The van der Waals surface area contributed by atoms with E-state index in [-0.39, 0.29) is 0 Å². The molecule has 0 bridgehead atoms. The van der Waals surface area contributed by atoms with Crippen LogP contribution in [0.15, 0.2) is 28.7 Å². The van der Waals surface area contributed by atoms with Gasteiger partial charge < -0.3 is 5.32 Å². The second-order valence-electron chi connectivity index (χ2n) is 4.72. The number of benzene rings is 1. The molecule has 2 aromatic rings. The highest BCUT2D eigenvalue weighted by Gasteiger charge is 2.06. The van der Waals surface area contributed by atoms with Gasteiger partial charge in [-0.1, -0.05) is 53.2 Å². The first-order chi connectivity index (χ1) is 9.15. The third-order valence-corrected chi connectivity index (χ3v) is 4.18. The van der Waals surface area contributed by atoms with Gasteiger partial charge in [-0.3, -0.25) is 0 Å². The van der Waals surface area contributed by atoms with E-state index in [4.69, 9.17) is 0 Å². The Bertz CT molecular complexity index is 525. The van der Waals surface area contributed by atoms with Gasteiger partial charge in [0.25, 0.3) is 0 Å². The highest BCUT2D eigenvalue weighted by Crippen LogP contribution is 2.26. The Hall–Kier alpha value is -0.780. The Morgan fingerprint density at radius 2 is 2.16 bits per heavy atom. The van der Waals surface area contributed by atoms with Crippen LogP contribution in [0.3, 0.4) is 0 Å². The van der Waals surface area contributed by atoms with Gasteiger partial charge in [0.15, 0.2) is 0 Å². The maximum Gasteiger partial charge on any atom is 0.147 e. The van der Waals surface area contributed by atoms with Crippen molar-refractivity contribution in [2.75, 3.05) is 6.54 Å². The summed E-state index contributed by atoms with van der Waals surface area (Å²) in [7, 11) is 0. The summed E-state index contributed by atoms with van der Waals surface area (Å²) in [4.78, 5) is 0. The Kier molecular flexibility index (Phi) is 5.48. The predicted molar refractivity (Wildman–Crippen MR) is 84.5 cm³/mol. The van der Waals surface area contributed by atoms with E-state index in [1.54, 1.807) is 11.3 Å². The molecule has 3 nitrogen and oxygen atoms in total. The first-order valence-electron chi connectivity index (χ1n) is 6.47. The lowest BCUT2D eigenvalue weighted by atomic mass is 10.2. The first-order valence-corrected chi connectivity index (χ1v) is 8.08. The lowest BCUT2D eigenvalue weighted by Gasteiger charge is -2.05. The zero-order valence-electron chi connectivity index (χ0n) is 11.2. The molecular formula is C14H18BrN3S. The van der Waals surface area contributed by atoms with Crippen molar-refractivity contribution in [1.82, 2.24) is 15.5 Å². The highest BCUT2D eigenvalue weighted by molar-refractivity contribution is 9.10. The van der Waals surface area contributed by atoms with Crippen molar-refractivity contribution in [2.24, 2.45) is 0 Å². The minimum atomic E-state index is 0.548. The van der Waals surface area contributed by atoms with Gasteiger partial charge in [0.2, 0.25) is 0 Å². The molecule has 0 aliphatic carbocycles. The molecule has 1 aromatic heterocycles. The van der Waals surface area contributed by atoms with E-state index in [2.05, 4.69) is 57.4 Å². The van der Waals surface area contributed by atoms with Gasteiger partial charge in [-0.15, -0.1) is 10.2 Å². The minimum absolute atomic E-state index is 0.548. The Morgan fingerprint density at radius 3 is 2.89 bits per heavy atom. The van der Waals surface area contributed by atoms with Crippen LogP contribution in [0.1, 0.15) is 25.3 Å². The van der Waals surface area contributed by atoms with Gasteiger partial charge in [-0.25, -0.2) is 0 Å². The van der Waals surface area contributed by atoms with Crippen LogP contribution in [0.4, 0.5) is 0 Å². The molecular weight excluding hydrogens is 322 g/mol. The van der Waals surface area contributed by atoms with Gasteiger partial charge in [-0.2, -0.15) is 0 Å². The number of halogens is 1. The van der Waals surface area contributed by atoms with Crippen LogP contribution >= 0.6 is 27.3 Å². The molecule has 0 aliphatic rings. The standard InChI is InChI=1S/C14H18BrN3S/c1-10(2)16-8-4-7-13-17-18-14(19-13)11-5-3-6-12(15)9-11/h3,5-6,9-10,16H,4,7-8H2,1-2H3. The monoisotopic (exact) mass is 339 g/mol. The van der Waals surface area contributed by atoms with Crippen molar-refractivity contribution >= 4 is 27.3 Å². The first kappa shape index (κ1) is 14.6. The fourth-order valence-corrected chi connectivity index (χ4v) is 3.00. The third kappa shape index (κ3) is 4.67. The fourth-order valence-electron chi connectivity index (χ4n) is 1.72. The van der Waals surface area contributed by atoms with Gasteiger partial charge in [0.05, 0.1) is 0 Å². The van der Waals surface area contributed by atoms with Crippen molar-refractivity contribution in [3.8, 4) is 10.6 Å². The summed E-state index contributed by atoms with van der Waals surface area (Å²) in [6, 6.07) is 8.72. The molecule has 0 saturated carbocycles. The average molecular weight is 340 g/mol. The number of hydrogen-bond donors (Lipinski definition) is 1. The highest BCUT2D eigenvalue weighted by atomic mass is 79.9. The van der Waals surface area contributed by atoms with E-state index in [1.807, 2.05) is 12.1 Å². The number of nitrogens with one attached hydrogen (secondary N) is 1. The van der Waals surface area contributed by atoms with E-state index >= 15 is 0 Å². The lowest BCUT2D eigenvalue weighted by molar-refractivity contribution is 0.569. The van der Waals surface area contributed by atoms with Crippen LogP contribution in [-0.4, -0.2) is 22.8 Å². The van der Waals surface area contributed by atoms with E-state index in [9.17, 15) is 0 Å². The predicted octanol–water partition coefficient (Wildman–Crippen LogP) is 3.90. The zero-order valence-corrected chi connectivity index (χ0v) is 13.6. The molecule has 0 aliphatic heterocycles. The second-order valence-corrected chi connectivity index (χ2v) is 6.70. The smallest absolute Gasteiger partial charge is 0.147 e. The normalized spacial score (nSPS) is 11.2. The SMILES string of the molecule is CC(C)NCCCc1nnc(-c2cccc(Br)c2)s1. The Balaban J connectivity index is 1.92. The molecule has 0 amide bonds. The van der Waals surface area contributed by atoms with Gasteiger partial charge in [-0.05, 0) is 25.1 Å². The van der Waals surface area contributed by atoms with Crippen LogP contribution in [0.5, 0.6) is 0 Å². The summed E-state index contributed by atoms with van der Waals surface area (Å²) in [5.74, 6) is 0. The molecule has 19 heavy (non-hydrogen) atoms. The number of nitrogens with zero attached hydrogens (tertiary/aromatic N) is 2. The van der Waals surface area contributed by atoms with Crippen molar-refractivity contribution in [2.45, 2.75) is 32.7 Å². The Morgan fingerprint density at radius 1 is 1.32 bits per heavy atom. The summed E-state index contributed by atoms with van der Waals surface area (Å²) in [5, 5.41) is 14.1. The van der Waals surface area contributed by atoms with Crippen molar-refractivity contribution in [1.29, 1.82) is 0 Å². The van der Waals surface area contributed by atoms with Crippen LogP contribution in [0.25, 0.3) is 10.6 Å². The van der Waals surface area contributed by atoms with E-state index in [1.165, 1.54) is 0 Å². The van der Waals surface area contributed by atoms with Crippen LogP contribution in [-0.2, 0) is 6.42 Å². The molecule has 0 fully saturated rings. The van der Waals surface area contributed by atoms with Crippen molar-refractivity contribution < 1.29 is 0 Å². The van der Waals surface area contributed by atoms with Crippen molar-refractivity contribution in [3.63, 3.8) is 0 Å². The van der Waals surface area contributed by atoms with Crippen molar-refractivity contribution in [3.05, 3.63) is 33.7 Å². The summed E-state index contributed by atoms with van der Waals surface area (Å²) in [5.41, 5.74) is 1.12. The molecule has 0 spiro atoms. The number of aryl methyl sites for hydroxylation is 1. The van der Waals surface area contributed by atoms with E-state index in [0.29, 0.717) is 6.04 Å². The minimum Gasteiger partial charge on any atom is -0.315 e. The number of hydrogen-bond acceptors (Lipinski definition) is 4. The molecule has 0 radical (unpaired) electrons. The van der Waals surface area contributed by atoms with Crippen LogP contribution in [0, 0.1) is 0 Å². The molecule has 0 atom stereocenters. The largest absolute Gasteiger partial charge is 0.315 e. The summed E-state index contributed by atoms with van der Waals surface area (Å²) >= 11 is 5.16. The molecule has 1 N–H and O–H groups in total. The molecule has 1 heterocycles.